The number of hydrogen-bond acceptors (Lipinski definition) is 6. The van der Waals surface area contributed by atoms with Gasteiger partial charge in [0, 0.05) is 28.9 Å². The van der Waals surface area contributed by atoms with Gasteiger partial charge in [0.25, 0.3) is 5.91 Å². The average molecular weight is 396 g/mol. The maximum atomic E-state index is 12.6. The third-order valence-electron chi connectivity index (χ3n) is 6.53. The van der Waals surface area contributed by atoms with Crippen LogP contribution in [0.3, 0.4) is 0 Å². The molecule has 6 rings (SSSR count). The molecule has 8 nitrogen and oxygen atoms in total. The molecule has 0 aliphatic heterocycles. The topological polar surface area (TPSA) is 106 Å². The van der Waals surface area contributed by atoms with Crippen LogP contribution in [-0.4, -0.2) is 33.2 Å². The summed E-state index contributed by atoms with van der Waals surface area (Å²) in [6, 6.07) is 6.90. The highest BCUT2D eigenvalue weighted by molar-refractivity contribution is 5.91. The molecule has 2 aromatic heterocycles. The molecule has 29 heavy (non-hydrogen) atoms. The van der Waals surface area contributed by atoms with E-state index in [1.807, 2.05) is 19.1 Å². The van der Waals surface area contributed by atoms with Crippen molar-refractivity contribution in [3.8, 4) is 5.88 Å². The fourth-order valence-corrected chi connectivity index (χ4v) is 6.10. The first-order valence-electron chi connectivity index (χ1n) is 10.1. The van der Waals surface area contributed by atoms with Crippen molar-refractivity contribution >= 4 is 12.0 Å². The van der Waals surface area contributed by atoms with E-state index in [2.05, 4.69) is 20.8 Å². The smallest absolute Gasteiger partial charge is 0.391 e. The van der Waals surface area contributed by atoms with Gasteiger partial charge in [-0.1, -0.05) is 11.2 Å². The summed E-state index contributed by atoms with van der Waals surface area (Å²) >= 11 is 0. The molecule has 152 valence electrons. The molecule has 4 fully saturated rings. The van der Waals surface area contributed by atoms with E-state index in [9.17, 15) is 9.59 Å². The predicted octanol–water partition coefficient (Wildman–Crippen LogP) is 2.99. The molecule has 2 amide bonds. The van der Waals surface area contributed by atoms with E-state index in [1.165, 1.54) is 6.20 Å². The van der Waals surface area contributed by atoms with Gasteiger partial charge in [0.1, 0.15) is 0 Å². The zero-order valence-electron chi connectivity index (χ0n) is 16.3. The number of hydrogen-bond donors (Lipinski definition) is 2. The Kier molecular flexibility index (Phi) is 4.11. The maximum Gasteiger partial charge on any atom is 0.414 e. The monoisotopic (exact) mass is 396 g/mol. The second kappa shape index (κ2) is 6.57. The molecule has 8 heteroatoms. The average Bonchev–Trinajstić information content (AvgIpc) is 3.14. The minimum absolute atomic E-state index is 0.215. The molecule has 4 aliphatic rings. The second-order valence-electron chi connectivity index (χ2n) is 8.98. The van der Waals surface area contributed by atoms with Gasteiger partial charge in [0.05, 0.1) is 6.20 Å². The molecule has 4 saturated carbocycles. The predicted molar refractivity (Wildman–Crippen MR) is 102 cm³/mol. The minimum atomic E-state index is -0.484. The van der Waals surface area contributed by atoms with Gasteiger partial charge < -0.3 is 19.9 Å². The van der Waals surface area contributed by atoms with Crippen LogP contribution < -0.4 is 15.4 Å². The van der Waals surface area contributed by atoms with Crippen molar-refractivity contribution in [1.29, 1.82) is 0 Å². The van der Waals surface area contributed by atoms with Crippen LogP contribution in [0.25, 0.3) is 0 Å². The molecular weight excluding hydrogens is 372 g/mol. The van der Waals surface area contributed by atoms with Crippen molar-refractivity contribution in [2.45, 2.75) is 56.5 Å². The quantitative estimate of drug-likeness (QED) is 0.823. The van der Waals surface area contributed by atoms with E-state index in [0.717, 1.165) is 37.8 Å². The fourth-order valence-electron chi connectivity index (χ4n) is 6.10. The molecule has 2 unspecified atom stereocenters. The van der Waals surface area contributed by atoms with Crippen molar-refractivity contribution in [2.24, 2.45) is 11.8 Å². The van der Waals surface area contributed by atoms with Gasteiger partial charge in [-0.3, -0.25) is 4.79 Å². The largest absolute Gasteiger partial charge is 0.414 e. The van der Waals surface area contributed by atoms with E-state index < -0.39 is 6.09 Å². The number of carbonyl (C=O) groups excluding carboxylic acids is 2. The van der Waals surface area contributed by atoms with Crippen molar-refractivity contribution in [2.75, 3.05) is 0 Å². The van der Waals surface area contributed by atoms with E-state index in [4.69, 9.17) is 9.26 Å². The summed E-state index contributed by atoms with van der Waals surface area (Å²) in [7, 11) is 0. The van der Waals surface area contributed by atoms with Gasteiger partial charge >= 0.3 is 6.09 Å². The summed E-state index contributed by atoms with van der Waals surface area (Å²) in [6.07, 6.45) is 6.53. The summed E-state index contributed by atoms with van der Waals surface area (Å²) in [6.45, 7) is 1.85. The molecular formula is C21H24N4O4. The normalized spacial score (nSPS) is 32.0. The number of rotatable bonds is 4. The van der Waals surface area contributed by atoms with Crippen LogP contribution in [0.2, 0.25) is 0 Å². The Hall–Kier alpha value is -2.90. The van der Waals surface area contributed by atoms with Gasteiger partial charge in [0.15, 0.2) is 0 Å². The first-order chi connectivity index (χ1) is 13.9. The molecule has 2 aromatic rings. The van der Waals surface area contributed by atoms with Crippen LogP contribution in [0.1, 0.15) is 54.8 Å². The first kappa shape index (κ1) is 18.1. The van der Waals surface area contributed by atoms with Gasteiger partial charge in [-0.15, -0.1) is 0 Å². The SMILES string of the molecule is Cc1cccc(OC(=O)NC23CC4CC(C2)CC(NC(=O)c2ccno2)(C4)C3)n1. The standard InChI is InChI=1S/C21H24N4O4/c1-13-3-2-4-17(23-13)28-19(27)25-21-10-14-7-15(11-21)9-20(8-14,12-21)24-18(26)16-5-6-22-29-16/h2-6,14-15H,7-12H2,1H3,(H,24,26)(H,25,27). The maximum absolute atomic E-state index is 12.6. The summed E-state index contributed by atoms with van der Waals surface area (Å²) in [5.74, 6) is 1.21. The summed E-state index contributed by atoms with van der Waals surface area (Å²) < 4.78 is 10.5. The number of carbonyl (C=O) groups is 2. The number of nitrogens with zero attached hydrogens (tertiary/aromatic N) is 2. The number of aromatic nitrogens is 2. The zero-order chi connectivity index (χ0) is 20.1. The van der Waals surface area contributed by atoms with Gasteiger partial charge in [0.2, 0.25) is 11.6 Å². The van der Waals surface area contributed by atoms with Crippen LogP contribution in [0.5, 0.6) is 5.88 Å². The van der Waals surface area contributed by atoms with Gasteiger partial charge in [-0.2, -0.15) is 0 Å². The molecule has 2 N–H and O–H groups in total. The molecule has 4 bridgehead atoms. The Morgan fingerprint density at radius 3 is 2.48 bits per heavy atom. The lowest BCUT2D eigenvalue weighted by atomic mass is 9.50. The van der Waals surface area contributed by atoms with E-state index >= 15 is 0 Å². The summed E-state index contributed by atoms with van der Waals surface area (Å²) in [5.41, 5.74) is 0.0990. The molecule has 2 atom stereocenters. The van der Waals surface area contributed by atoms with Crippen LogP contribution >= 0.6 is 0 Å². The minimum Gasteiger partial charge on any atom is -0.391 e. The van der Waals surface area contributed by atoms with Crippen molar-refractivity contribution in [1.82, 2.24) is 20.8 Å². The highest BCUT2D eigenvalue weighted by Gasteiger charge is 2.59. The van der Waals surface area contributed by atoms with Gasteiger partial charge in [-0.25, -0.2) is 9.78 Å². The number of nitrogens with one attached hydrogen (secondary N) is 2. The number of pyridine rings is 1. The molecule has 2 heterocycles. The van der Waals surface area contributed by atoms with E-state index in [0.29, 0.717) is 24.1 Å². The lowest BCUT2D eigenvalue weighted by Crippen LogP contribution is -2.70. The Morgan fingerprint density at radius 2 is 1.83 bits per heavy atom. The Labute approximate surface area is 168 Å². The van der Waals surface area contributed by atoms with E-state index in [-0.39, 0.29) is 22.7 Å². The molecule has 0 aromatic carbocycles. The summed E-state index contributed by atoms with van der Waals surface area (Å²) in [4.78, 5) is 29.5. The van der Waals surface area contributed by atoms with E-state index in [1.54, 1.807) is 12.1 Å². The summed E-state index contributed by atoms with van der Waals surface area (Å²) in [5, 5.41) is 9.96. The molecule has 0 saturated heterocycles. The van der Waals surface area contributed by atoms with Crippen LogP contribution in [0.15, 0.2) is 35.0 Å². The van der Waals surface area contributed by atoms with Crippen molar-refractivity contribution < 1.29 is 18.8 Å². The number of amides is 2. The van der Waals surface area contributed by atoms with Crippen LogP contribution in [-0.2, 0) is 0 Å². The Morgan fingerprint density at radius 1 is 1.10 bits per heavy atom. The third-order valence-corrected chi connectivity index (χ3v) is 6.53. The van der Waals surface area contributed by atoms with Gasteiger partial charge in [-0.05, 0) is 63.4 Å². The molecule has 0 radical (unpaired) electrons. The lowest BCUT2D eigenvalue weighted by Gasteiger charge is -2.61. The Bertz CT molecular complexity index is 928. The first-order valence-corrected chi connectivity index (χ1v) is 10.1. The highest BCUT2D eigenvalue weighted by atomic mass is 16.6. The molecule has 0 spiro atoms. The van der Waals surface area contributed by atoms with Crippen molar-refractivity contribution in [3.63, 3.8) is 0 Å². The van der Waals surface area contributed by atoms with Crippen LogP contribution in [0.4, 0.5) is 4.79 Å². The molecule has 4 aliphatic carbocycles. The fraction of sp³-hybridized carbons (Fsp3) is 0.524. The zero-order valence-corrected chi connectivity index (χ0v) is 16.3. The highest BCUT2D eigenvalue weighted by Crippen LogP contribution is 2.57. The lowest BCUT2D eigenvalue weighted by molar-refractivity contribution is -0.0453. The van der Waals surface area contributed by atoms with Crippen molar-refractivity contribution in [3.05, 3.63) is 41.9 Å². The number of aryl methyl sites for hydroxylation is 1. The number of ether oxygens (including phenoxy) is 1. The second-order valence-corrected chi connectivity index (χ2v) is 8.98. The Balaban J connectivity index is 1.32. The van der Waals surface area contributed by atoms with Crippen LogP contribution in [0, 0.1) is 18.8 Å². The third kappa shape index (κ3) is 3.47.